The summed E-state index contributed by atoms with van der Waals surface area (Å²) in [5.74, 6) is 2.46. The van der Waals surface area contributed by atoms with E-state index in [2.05, 4.69) is 17.5 Å². The van der Waals surface area contributed by atoms with Crippen LogP contribution < -0.4 is 10.1 Å². The van der Waals surface area contributed by atoms with Crippen LogP contribution in [0.25, 0.3) is 0 Å². The molecule has 0 spiro atoms. The summed E-state index contributed by atoms with van der Waals surface area (Å²) in [6, 6.07) is 7.58. The molecule has 1 aromatic carbocycles. The Morgan fingerprint density at radius 2 is 1.64 bits per heavy atom. The van der Waals surface area contributed by atoms with Gasteiger partial charge < -0.3 is 10.1 Å². The number of amides is 2. The van der Waals surface area contributed by atoms with Crippen molar-refractivity contribution in [2.24, 2.45) is 35.5 Å². The van der Waals surface area contributed by atoms with Crippen LogP contribution in [0.3, 0.4) is 0 Å². The molecule has 25 heavy (non-hydrogen) atoms. The second-order valence-electron chi connectivity index (χ2n) is 7.55. The molecule has 2 amide bonds. The molecule has 6 atom stereocenters. The van der Waals surface area contributed by atoms with Crippen molar-refractivity contribution in [2.45, 2.75) is 13.3 Å². The summed E-state index contributed by atoms with van der Waals surface area (Å²) < 4.78 is 5.43. The molecule has 2 saturated carbocycles. The van der Waals surface area contributed by atoms with Gasteiger partial charge in [0.15, 0.2) is 0 Å². The highest BCUT2D eigenvalue weighted by atomic mass is 16.5. The first-order chi connectivity index (χ1) is 12.2. The Bertz CT molecular complexity index is 721. The molecule has 1 saturated heterocycles. The zero-order chi connectivity index (χ0) is 17.1. The summed E-state index contributed by atoms with van der Waals surface area (Å²) in [6.45, 7) is 2.82. The van der Waals surface area contributed by atoms with Crippen LogP contribution in [-0.2, 0) is 9.59 Å². The van der Waals surface area contributed by atoms with Gasteiger partial charge in [-0.3, -0.25) is 14.5 Å². The number of carbonyl (C=O) groups excluding carboxylic acids is 2. The molecule has 0 aromatic heterocycles. The van der Waals surface area contributed by atoms with Crippen molar-refractivity contribution >= 4 is 17.5 Å². The number of carbonyl (C=O) groups is 2. The van der Waals surface area contributed by atoms with E-state index >= 15 is 0 Å². The minimum absolute atomic E-state index is 0.0122. The van der Waals surface area contributed by atoms with Crippen molar-refractivity contribution in [3.63, 3.8) is 0 Å². The van der Waals surface area contributed by atoms with Gasteiger partial charge in [0.1, 0.15) is 5.75 Å². The Hall–Kier alpha value is -2.30. The summed E-state index contributed by atoms with van der Waals surface area (Å²) >= 11 is 0. The lowest BCUT2D eigenvalue weighted by molar-refractivity contribution is -0.139. The fourth-order valence-corrected chi connectivity index (χ4v) is 5.18. The second-order valence-corrected chi connectivity index (χ2v) is 7.55. The maximum atomic E-state index is 12.9. The topological polar surface area (TPSA) is 58.6 Å². The molecule has 4 aliphatic carbocycles. The van der Waals surface area contributed by atoms with Crippen LogP contribution in [0, 0.1) is 35.5 Å². The van der Waals surface area contributed by atoms with E-state index in [0.717, 1.165) is 11.4 Å². The molecule has 3 fully saturated rings. The Balaban J connectivity index is 1.29. The van der Waals surface area contributed by atoms with Gasteiger partial charge in [-0.1, -0.05) is 12.2 Å². The van der Waals surface area contributed by atoms with Crippen LogP contribution in [0.1, 0.15) is 13.3 Å². The van der Waals surface area contributed by atoms with Gasteiger partial charge in [-0.2, -0.15) is 0 Å². The van der Waals surface area contributed by atoms with Crippen molar-refractivity contribution in [1.82, 2.24) is 4.90 Å². The van der Waals surface area contributed by atoms with Crippen molar-refractivity contribution in [2.75, 3.05) is 18.6 Å². The van der Waals surface area contributed by atoms with Crippen LogP contribution in [0.15, 0.2) is 36.4 Å². The summed E-state index contributed by atoms with van der Waals surface area (Å²) in [5.41, 5.74) is 0.878. The fraction of sp³-hybridized carbons (Fsp3) is 0.500. The third-order valence-electron chi connectivity index (χ3n) is 6.36. The first-order valence-electron chi connectivity index (χ1n) is 9.19. The van der Waals surface area contributed by atoms with Gasteiger partial charge >= 0.3 is 0 Å². The Kier molecular flexibility index (Phi) is 3.21. The largest absolute Gasteiger partial charge is 0.494 e. The van der Waals surface area contributed by atoms with E-state index in [4.69, 9.17) is 4.74 Å². The number of benzene rings is 1. The average Bonchev–Trinajstić information content (AvgIpc) is 3.41. The van der Waals surface area contributed by atoms with Crippen molar-refractivity contribution in [1.29, 1.82) is 0 Å². The molecule has 5 nitrogen and oxygen atoms in total. The molecule has 6 rings (SSSR count). The molecule has 0 unspecified atom stereocenters. The SMILES string of the molecule is CCOc1ccc(NCN2C(=O)[C@@H]3[C@H]4C=C[C@@H]([C@@H]5C[C@@H]45)[C@@H]3C2=O)cc1. The van der Waals surface area contributed by atoms with Crippen molar-refractivity contribution in [3.8, 4) is 5.75 Å². The number of imide groups is 1. The molecule has 1 N–H and O–H groups in total. The number of ether oxygens (including phenoxy) is 1. The van der Waals surface area contributed by atoms with E-state index in [1.807, 2.05) is 31.2 Å². The summed E-state index contributed by atoms with van der Waals surface area (Å²) in [7, 11) is 0. The fourth-order valence-electron chi connectivity index (χ4n) is 5.18. The van der Waals surface area contributed by atoms with E-state index in [9.17, 15) is 9.59 Å². The number of rotatable bonds is 5. The molecule has 1 aliphatic heterocycles. The van der Waals surface area contributed by atoms with Crippen LogP contribution in [0.2, 0.25) is 0 Å². The molecular weight excluding hydrogens is 316 g/mol. The lowest BCUT2D eigenvalue weighted by Crippen LogP contribution is -2.40. The van der Waals surface area contributed by atoms with E-state index in [1.54, 1.807) is 0 Å². The van der Waals surface area contributed by atoms with Gasteiger partial charge in [0, 0.05) is 5.69 Å². The molecule has 1 heterocycles. The number of nitrogens with one attached hydrogen (secondary N) is 1. The highest BCUT2D eigenvalue weighted by Gasteiger charge is 2.66. The van der Waals surface area contributed by atoms with Gasteiger partial charge in [-0.05, 0) is 61.3 Å². The average molecular weight is 338 g/mol. The standard InChI is InChI=1S/C20H22N2O3/c1-2-25-12-5-3-11(4-6-12)21-10-22-19(23)17-13-7-8-14(16-9-15(13)16)18(17)20(22)24/h3-8,13-18,21H,2,9-10H2,1H3/t13-,14-,15-,16-,17-,18+/m0/s1. The number of hydrogen-bond acceptors (Lipinski definition) is 4. The Morgan fingerprint density at radius 3 is 2.20 bits per heavy atom. The van der Waals surface area contributed by atoms with Crippen LogP contribution in [0.4, 0.5) is 5.69 Å². The Morgan fingerprint density at radius 1 is 1.04 bits per heavy atom. The maximum Gasteiger partial charge on any atom is 0.235 e. The molecule has 5 aliphatic rings. The van der Waals surface area contributed by atoms with E-state index in [-0.39, 0.29) is 42.2 Å². The molecule has 130 valence electrons. The van der Waals surface area contributed by atoms with Gasteiger partial charge in [0.05, 0.1) is 25.1 Å². The molecule has 5 heteroatoms. The lowest BCUT2D eigenvalue weighted by Gasteiger charge is -2.37. The van der Waals surface area contributed by atoms with Gasteiger partial charge in [-0.15, -0.1) is 0 Å². The van der Waals surface area contributed by atoms with Gasteiger partial charge in [-0.25, -0.2) is 0 Å². The molecular formula is C20H22N2O3. The first-order valence-corrected chi connectivity index (χ1v) is 9.19. The van der Waals surface area contributed by atoms with E-state index in [0.29, 0.717) is 18.4 Å². The number of likely N-dealkylation sites (tertiary alicyclic amines) is 1. The number of allylic oxidation sites excluding steroid dienone is 2. The minimum Gasteiger partial charge on any atom is -0.494 e. The molecule has 1 aromatic rings. The molecule has 0 radical (unpaired) electrons. The lowest BCUT2D eigenvalue weighted by atomic mass is 9.63. The summed E-state index contributed by atoms with van der Waals surface area (Å²) in [5, 5.41) is 3.21. The number of nitrogens with zero attached hydrogens (tertiary/aromatic N) is 1. The van der Waals surface area contributed by atoms with E-state index < -0.39 is 0 Å². The minimum atomic E-state index is -0.117. The van der Waals surface area contributed by atoms with Crippen molar-refractivity contribution < 1.29 is 14.3 Å². The highest BCUT2D eigenvalue weighted by Crippen LogP contribution is 2.65. The number of anilines is 1. The van der Waals surface area contributed by atoms with Gasteiger partial charge in [0.2, 0.25) is 11.8 Å². The second kappa shape index (κ2) is 5.35. The van der Waals surface area contributed by atoms with Crippen LogP contribution in [-0.4, -0.2) is 30.0 Å². The number of hydrogen-bond donors (Lipinski definition) is 1. The van der Waals surface area contributed by atoms with Crippen molar-refractivity contribution in [3.05, 3.63) is 36.4 Å². The highest BCUT2D eigenvalue weighted by molar-refractivity contribution is 6.06. The third-order valence-corrected chi connectivity index (χ3v) is 6.36. The maximum absolute atomic E-state index is 12.9. The summed E-state index contributed by atoms with van der Waals surface area (Å²) in [6.07, 6.45) is 5.60. The zero-order valence-corrected chi connectivity index (χ0v) is 14.2. The van der Waals surface area contributed by atoms with Gasteiger partial charge in [0.25, 0.3) is 0 Å². The van der Waals surface area contributed by atoms with E-state index in [1.165, 1.54) is 11.3 Å². The van der Waals surface area contributed by atoms with Crippen LogP contribution in [0.5, 0.6) is 5.75 Å². The normalized spacial score (nSPS) is 37.1. The monoisotopic (exact) mass is 338 g/mol. The quantitative estimate of drug-likeness (QED) is 0.662. The predicted octanol–water partition coefficient (Wildman–Crippen LogP) is 2.51. The zero-order valence-electron chi connectivity index (χ0n) is 14.2. The predicted molar refractivity (Wildman–Crippen MR) is 92.7 cm³/mol. The smallest absolute Gasteiger partial charge is 0.235 e. The Labute approximate surface area is 147 Å². The molecule has 2 bridgehead atoms. The summed E-state index contributed by atoms with van der Waals surface area (Å²) in [4.78, 5) is 27.2. The third kappa shape index (κ3) is 2.14. The first kappa shape index (κ1) is 15.0. The van der Waals surface area contributed by atoms with Crippen LogP contribution >= 0.6 is 0 Å².